The summed E-state index contributed by atoms with van der Waals surface area (Å²) < 4.78 is 0. The van der Waals surface area contributed by atoms with Crippen LogP contribution in [0.5, 0.6) is 0 Å². The van der Waals surface area contributed by atoms with Crippen LogP contribution in [-0.2, 0) is 13.1 Å². The Bertz CT molecular complexity index is 993. The van der Waals surface area contributed by atoms with Gasteiger partial charge in [-0.1, -0.05) is 30.3 Å². The quantitative estimate of drug-likeness (QED) is 0.506. The molecule has 4 rings (SSSR count). The molecule has 1 aliphatic rings. The van der Waals surface area contributed by atoms with Crippen LogP contribution in [0.2, 0.25) is 0 Å². The number of pyridine rings is 1. The third-order valence-electron chi connectivity index (χ3n) is 6.18. The summed E-state index contributed by atoms with van der Waals surface area (Å²) >= 11 is 1.58. The van der Waals surface area contributed by atoms with Crippen molar-refractivity contribution in [2.45, 2.75) is 39.8 Å². The van der Waals surface area contributed by atoms with Crippen LogP contribution in [0.3, 0.4) is 0 Å². The average Bonchev–Trinajstić information content (AvgIpc) is 3.23. The number of hydrogen-bond donors (Lipinski definition) is 0. The van der Waals surface area contributed by atoms with Crippen LogP contribution in [0.4, 0.5) is 0 Å². The summed E-state index contributed by atoms with van der Waals surface area (Å²) in [5.74, 6) is 0.680. The summed E-state index contributed by atoms with van der Waals surface area (Å²) in [6.45, 7) is 8.87. The lowest BCUT2D eigenvalue weighted by Gasteiger charge is -2.35. The molecule has 4 nitrogen and oxygen atoms in total. The molecule has 0 bridgehead atoms. The average molecular weight is 434 g/mol. The molecule has 1 aliphatic heterocycles. The van der Waals surface area contributed by atoms with E-state index in [0.29, 0.717) is 12.5 Å². The van der Waals surface area contributed by atoms with Crippen LogP contribution < -0.4 is 0 Å². The van der Waals surface area contributed by atoms with Gasteiger partial charge >= 0.3 is 0 Å². The van der Waals surface area contributed by atoms with Gasteiger partial charge < -0.3 is 4.90 Å². The minimum atomic E-state index is 0.143. The monoisotopic (exact) mass is 433 g/mol. The standard InChI is InChI=1S/C26H31N3OS/c1-20-6-3-4-8-24(20)19-28-14-11-22(12-15-28)17-29(18-23-7-5-13-27-16-23)26(30)25-10-9-21(2)31-25/h3-10,13,16,22H,11-12,14-15,17-19H2,1-2H3. The largest absolute Gasteiger partial charge is 0.333 e. The second-order valence-corrected chi connectivity index (χ2v) is 9.89. The molecule has 0 atom stereocenters. The van der Waals surface area contributed by atoms with Gasteiger partial charge in [0, 0.05) is 36.9 Å². The Morgan fingerprint density at radius 2 is 1.90 bits per heavy atom. The molecule has 0 saturated carbocycles. The highest BCUT2D eigenvalue weighted by atomic mass is 32.1. The molecule has 5 heteroatoms. The molecule has 1 aromatic carbocycles. The first-order chi connectivity index (χ1) is 15.1. The van der Waals surface area contributed by atoms with Gasteiger partial charge in [-0.25, -0.2) is 0 Å². The van der Waals surface area contributed by atoms with Gasteiger partial charge in [0.2, 0.25) is 0 Å². The van der Waals surface area contributed by atoms with Gasteiger partial charge in [0.1, 0.15) is 0 Å². The van der Waals surface area contributed by atoms with Gasteiger partial charge in [-0.2, -0.15) is 0 Å². The number of piperidine rings is 1. The van der Waals surface area contributed by atoms with Crippen molar-refractivity contribution in [1.82, 2.24) is 14.8 Å². The van der Waals surface area contributed by atoms with Gasteiger partial charge in [0.15, 0.2) is 0 Å². The SMILES string of the molecule is Cc1ccc(C(=O)N(Cc2cccnc2)CC2CCN(Cc3ccccc3C)CC2)s1. The zero-order chi connectivity index (χ0) is 21.6. The molecule has 0 unspecified atom stereocenters. The Kier molecular flexibility index (Phi) is 7.15. The third-order valence-corrected chi connectivity index (χ3v) is 7.16. The number of amides is 1. The van der Waals surface area contributed by atoms with Gasteiger partial charge in [0.25, 0.3) is 5.91 Å². The van der Waals surface area contributed by atoms with E-state index in [-0.39, 0.29) is 5.91 Å². The highest BCUT2D eigenvalue weighted by molar-refractivity contribution is 7.13. The first-order valence-corrected chi connectivity index (χ1v) is 11.9. The summed E-state index contributed by atoms with van der Waals surface area (Å²) in [5, 5.41) is 0. The second-order valence-electron chi connectivity index (χ2n) is 8.60. The highest BCUT2D eigenvalue weighted by Crippen LogP contribution is 2.24. The van der Waals surface area contributed by atoms with Crippen molar-refractivity contribution in [1.29, 1.82) is 0 Å². The summed E-state index contributed by atoms with van der Waals surface area (Å²) in [7, 11) is 0. The fourth-order valence-electron chi connectivity index (χ4n) is 4.30. The zero-order valence-corrected chi connectivity index (χ0v) is 19.3. The van der Waals surface area contributed by atoms with Crippen molar-refractivity contribution in [3.8, 4) is 0 Å². The van der Waals surface area contributed by atoms with E-state index in [2.05, 4.69) is 54.1 Å². The fraction of sp³-hybridized carbons (Fsp3) is 0.385. The van der Waals surface area contributed by atoms with Crippen molar-refractivity contribution in [3.05, 3.63) is 87.4 Å². The van der Waals surface area contributed by atoms with Gasteiger partial charge in [-0.15, -0.1) is 11.3 Å². The molecule has 3 heterocycles. The number of rotatable bonds is 7. The van der Waals surface area contributed by atoms with E-state index in [9.17, 15) is 4.79 Å². The van der Waals surface area contributed by atoms with Crippen LogP contribution in [-0.4, -0.2) is 40.3 Å². The summed E-state index contributed by atoms with van der Waals surface area (Å²) in [6.07, 6.45) is 5.91. The van der Waals surface area contributed by atoms with E-state index in [4.69, 9.17) is 0 Å². The smallest absolute Gasteiger partial charge is 0.264 e. The Hall–Kier alpha value is -2.50. The van der Waals surface area contributed by atoms with Crippen molar-refractivity contribution in [3.63, 3.8) is 0 Å². The lowest BCUT2D eigenvalue weighted by atomic mass is 9.95. The molecule has 2 aromatic heterocycles. The predicted molar refractivity (Wildman–Crippen MR) is 127 cm³/mol. The minimum absolute atomic E-state index is 0.143. The molecular weight excluding hydrogens is 402 g/mol. The van der Waals surface area contributed by atoms with E-state index in [1.807, 2.05) is 29.3 Å². The topological polar surface area (TPSA) is 36.4 Å². The van der Waals surface area contributed by atoms with E-state index < -0.39 is 0 Å². The normalized spacial score (nSPS) is 15.2. The Balaban J connectivity index is 1.39. The van der Waals surface area contributed by atoms with Crippen LogP contribution in [0, 0.1) is 19.8 Å². The molecule has 0 spiro atoms. The number of benzene rings is 1. The highest BCUT2D eigenvalue weighted by Gasteiger charge is 2.25. The van der Waals surface area contributed by atoms with E-state index in [1.165, 1.54) is 16.0 Å². The molecule has 0 radical (unpaired) electrons. The van der Waals surface area contributed by atoms with Gasteiger partial charge in [-0.05, 0) is 80.6 Å². The fourth-order valence-corrected chi connectivity index (χ4v) is 5.14. The first kappa shape index (κ1) is 21.7. The maximum absolute atomic E-state index is 13.3. The number of thiophene rings is 1. The van der Waals surface area contributed by atoms with Crippen molar-refractivity contribution < 1.29 is 4.79 Å². The summed E-state index contributed by atoms with van der Waals surface area (Å²) in [5.41, 5.74) is 3.87. The maximum Gasteiger partial charge on any atom is 0.264 e. The van der Waals surface area contributed by atoms with Crippen LogP contribution in [0.25, 0.3) is 0 Å². The number of likely N-dealkylation sites (tertiary alicyclic amines) is 1. The zero-order valence-electron chi connectivity index (χ0n) is 18.5. The first-order valence-electron chi connectivity index (χ1n) is 11.1. The van der Waals surface area contributed by atoms with Gasteiger partial charge in [0.05, 0.1) is 4.88 Å². The molecule has 31 heavy (non-hydrogen) atoms. The van der Waals surface area contributed by atoms with E-state index >= 15 is 0 Å². The third kappa shape index (κ3) is 5.81. The predicted octanol–water partition coefficient (Wildman–Crippen LogP) is 5.31. The molecule has 0 N–H and O–H groups in total. The molecule has 3 aromatic rings. The van der Waals surface area contributed by atoms with Crippen LogP contribution in [0.15, 0.2) is 60.9 Å². The Labute approximate surface area is 189 Å². The second kappa shape index (κ2) is 10.2. The van der Waals surface area contributed by atoms with Crippen molar-refractivity contribution in [2.75, 3.05) is 19.6 Å². The maximum atomic E-state index is 13.3. The van der Waals surface area contributed by atoms with Crippen LogP contribution >= 0.6 is 11.3 Å². The molecular formula is C26H31N3OS. The summed E-state index contributed by atoms with van der Waals surface area (Å²) in [4.78, 5) is 24.1. The van der Waals surface area contributed by atoms with Crippen molar-refractivity contribution in [2.24, 2.45) is 5.92 Å². The molecule has 162 valence electrons. The van der Waals surface area contributed by atoms with Gasteiger partial charge in [-0.3, -0.25) is 14.7 Å². The number of carbonyl (C=O) groups is 1. The van der Waals surface area contributed by atoms with E-state index in [0.717, 1.165) is 49.5 Å². The number of aromatic nitrogens is 1. The number of aryl methyl sites for hydroxylation is 2. The lowest BCUT2D eigenvalue weighted by molar-refractivity contribution is 0.0676. The molecule has 1 saturated heterocycles. The number of carbonyl (C=O) groups excluding carboxylic acids is 1. The van der Waals surface area contributed by atoms with Crippen molar-refractivity contribution >= 4 is 17.2 Å². The number of nitrogens with zero attached hydrogens (tertiary/aromatic N) is 3. The summed E-state index contributed by atoms with van der Waals surface area (Å²) in [6, 6.07) is 16.6. The minimum Gasteiger partial charge on any atom is -0.333 e. The van der Waals surface area contributed by atoms with E-state index in [1.54, 1.807) is 17.5 Å². The lowest BCUT2D eigenvalue weighted by Crippen LogP contribution is -2.40. The molecule has 1 amide bonds. The molecule has 0 aliphatic carbocycles. The Morgan fingerprint density at radius 1 is 1.10 bits per heavy atom. The Morgan fingerprint density at radius 3 is 2.58 bits per heavy atom. The van der Waals surface area contributed by atoms with Crippen LogP contribution in [0.1, 0.15) is 44.1 Å². The molecule has 1 fully saturated rings. The number of hydrogen-bond acceptors (Lipinski definition) is 4.